The molecule has 30 heavy (non-hydrogen) atoms. The molecule has 4 bridgehead atoms. The predicted molar refractivity (Wildman–Crippen MR) is 114 cm³/mol. The standard InChI is InChI=1S/C25H34N2O3/c1-17(25-13-18-10-19(14-25)12-20(11-18)15-25)9-23(28)27-6-4-21(5-7-27)24(29)26-16-22-3-2-8-30-22/h2-3,8-9,18-21H,4-7,10-16H2,1H3,(H,26,29)/b17-9-. The molecular weight excluding hydrogens is 376 g/mol. The lowest BCUT2D eigenvalue weighted by atomic mass is 9.48. The van der Waals surface area contributed by atoms with Crippen LogP contribution in [0.3, 0.4) is 0 Å². The van der Waals surface area contributed by atoms with Crippen molar-refractivity contribution in [1.29, 1.82) is 0 Å². The molecule has 5 aliphatic rings. The second kappa shape index (κ2) is 7.90. The minimum Gasteiger partial charge on any atom is -0.467 e. The van der Waals surface area contributed by atoms with Gasteiger partial charge in [0.1, 0.15) is 5.76 Å². The first-order chi connectivity index (χ1) is 14.5. The van der Waals surface area contributed by atoms with Crippen molar-refractivity contribution in [1.82, 2.24) is 10.2 Å². The van der Waals surface area contributed by atoms with Gasteiger partial charge in [0.25, 0.3) is 0 Å². The highest BCUT2D eigenvalue weighted by Gasteiger charge is 2.51. The molecule has 6 rings (SSSR count). The number of piperidine rings is 1. The second-order valence-corrected chi connectivity index (χ2v) is 10.4. The summed E-state index contributed by atoms with van der Waals surface area (Å²) >= 11 is 0. The van der Waals surface area contributed by atoms with E-state index in [1.807, 2.05) is 23.1 Å². The highest BCUT2D eigenvalue weighted by atomic mass is 16.3. The van der Waals surface area contributed by atoms with Crippen molar-refractivity contribution in [3.8, 4) is 0 Å². The summed E-state index contributed by atoms with van der Waals surface area (Å²) in [5.74, 6) is 3.65. The van der Waals surface area contributed by atoms with Crippen molar-refractivity contribution >= 4 is 11.8 Å². The van der Waals surface area contributed by atoms with Crippen molar-refractivity contribution in [2.45, 2.75) is 64.8 Å². The average Bonchev–Trinajstić information content (AvgIpc) is 3.25. The van der Waals surface area contributed by atoms with E-state index in [1.54, 1.807) is 6.26 Å². The third kappa shape index (κ3) is 3.83. The van der Waals surface area contributed by atoms with Gasteiger partial charge in [-0.25, -0.2) is 0 Å². The van der Waals surface area contributed by atoms with E-state index in [0.717, 1.165) is 36.4 Å². The van der Waals surface area contributed by atoms with E-state index in [1.165, 1.54) is 44.1 Å². The van der Waals surface area contributed by atoms with Gasteiger partial charge >= 0.3 is 0 Å². The van der Waals surface area contributed by atoms with Crippen LogP contribution in [0, 0.1) is 29.1 Å². The van der Waals surface area contributed by atoms with E-state index in [4.69, 9.17) is 4.42 Å². The van der Waals surface area contributed by atoms with Crippen molar-refractivity contribution in [2.24, 2.45) is 29.1 Å². The molecule has 5 nitrogen and oxygen atoms in total. The van der Waals surface area contributed by atoms with Gasteiger partial charge in [-0.15, -0.1) is 0 Å². The first kappa shape index (κ1) is 19.9. The van der Waals surface area contributed by atoms with Crippen molar-refractivity contribution in [3.05, 3.63) is 35.8 Å². The lowest BCUT2D eigenvalue weighted by Crippen LogP contribution is -2.47. The number of carbonyl (C=O) groups is 2. The van der Waals surface area contributed by atoms with Crippen LogP contribution < -0.4 is 5.32 Å². The van der Waals surface area contributed by atoms with Gasteiger partial charge in [-0.05, 0) is 93.6 Å². The molecule has 4 aliphatic carbocycles. The molecule has 1 N–H and O–H groups in total. The topological polar surface area (TPSA) is 62.6 Å². The van der Waals surface area contributed by atoms with Gasteiger partial charge in [-0.2, -0.15) is 0 Å². The minimum atomic E-state index is -0.0164. The molecule has 0 radical (unpaired) electrons. The molecule has 0 aromatic carbocycles. The summed E-state index contributed by atoms with van der Waals surface area (Å²) in [5.41, 5.74) is 1.62. The number of hydrogen-bond acceptors (Lipinski definition) is 3. The number of hydrogen-bond donors (Lipinski definition) is 1. The van der Waals surface area contributed by atoms with E-state index < -0.39 is 0 Å². The Balaban J connectivity index is 1.15. The normalized spacial score (nSPS) is 33.7. The van der Waals surface area contributed by atoms with Crippen molar-refractivity contribution < 1.29 is 14.0 Å². The Morgan fingerprint density at radius 3 is 2.33 bits per heavy atom. The molecule has 5 heteroatoms. The van der Waals surface area contributed by atoms with Crippen LogP contribution in [0.25, 0.3) is 0 Å². The highest BCUT2D eigenvalue weighted by molar-refractivity contribution is 5.89. The van der Waals surface area contributed by atoms with Gasteiger partial charge < -0.3 is 14.6 Å². The molecule has 162 valence electrons. The molecule has 1 aromatic rings. The maximum absolute atomic E-state index is 13.0. The Hall–Kier alpha value is -2.04. The molecule has 0 atom stereocenters. The Kier molecular flexibility index (Phi) is 5.24. The summed E-state index contributed by atoms with van der Waals surface area (Å²) < 4.78 is 5.27. The van der Waals surface area contributed by atoms with Crippen LogP contribution in [0.1, 0.15) is 64.1 Å². The molecule has 2 heterocycles. The van der Waals surface area contributed by atoms with Crippen LogP contribution in [-0.2, 0) is 16.1 Å². The molecule has 2 amide bonds. The number of furan rings is 1. The molecule has 5 fully saturated rings. The fraction of sp³-hybridized carbons (Fsp3) is 0.680. The smallest absolute Gasteiger partial charge is 0.246 e. The van der Waals surface area contributed by atoms with Crippen LogP contribution in [-0.4, -0.2) is 29.8 Å². The first-order valence-electron chi connectivity index (χ1n) is 11.8. The monoisotopic (exact) mass is 410 g/mol. The summed E-state index contributed by atoms with van der Waals surface area (Å²) in [6, 6.07) is 3.69. The summed E-state index contributed by atoms with van der Waals surface area (Å²) in [7, 11) is 0. The van der Waals surface area contributed by atoms with E-state index in [2.05, 4.69) is 12.2 Å². The van der Waals surface area contributed by atoms with Crippen molar-refractivity contribution in [3.63, 3.8) is 0 Å². The largest absolute Gasteiger partial charge is 0.467 e. The zero-order chi connectivity index (χ0) is 20.7. The van der Waals surface area contributed by atoms with E-state index in [9.17, 15) is 9.59 Å². The number of nitrogens with one attached hydrogen (secondary N) is 1. The quantitative estimate of drug-likeness (QED) is 0.736. The Morgan fingerprint density at radius 2 is 1.77 bits per heavy atom. The van der Waals surface area contributed by atoms with E-state index >= 15 is 0 Å². The van der Waals surface area contributed by atoms with Crippen molar-refractivity contribution in [2.75, 3.05) is 13.1 Å². The molecular formula is C25H34N2O3. The maximum Gasteiger partial charge on any atom is 0.246 e. The van der Waals surface area contributed by atoms with E-state index in [0.29, 0.717) is 25.0 Å². The molecule has 1 aromatic heterocycles. The number of amides is 2. The molecule has 0 unspecified atom stereocenters. The van der Waals surface area contributed by atoms with Gasteiger partial charge in [-0.1, -0.05) is 5.57 Å². The second-order valence-electron chi connectivity index (χ2n) is 10.4. The number of nitrogens with zero attached hydrogens (tertiary/aromatic N) is 1. The van der Waals surface area contributed by atoms with Gasteiger partial charge in [0.2, 0.25) is 11.8 Å². The van der Waals surface area contributed by atoms with E-state index in [-0.39, 0.29) is 17.7 Å². The summed E-state index contributed by atoms with van der Waals surface area (Å²) in [6.07, 6.45) is 13.2. The molecule has 4 saturated carbocycles. The van der Waals surface area contributed by atoms with Gasteiger partial charge in [-0.3, -0.25) is 9.59 Å². The Labute approximate surface area is 179 Å². The van der Waals surface area contributed by atoms with Crippen LogP contribution in [0.15, 0.2) is 34.5 Å². The third-order valence-electron chi connectivity index (χ3n) is 8.41. The lowest BCUT2D eigenvalue weighted by Gasteiger charge is -2.57. The fourth-order valence-electron chi connectivity index (χ4n) is 7.12. The van der Waals surface area contributed by atoms with Gasteiger partial charge in [0.15, 0.2) is 0 Å². The number of carbonyl (C=O) groups excluding carboxylic acids is 2. The zero-order valence-corrected chi connectivity index (χ0v) is 18.1. The fourth-order valence-corrected chi connectivity index (χ4v) is 7.12. The summed E-state index contributed by atoms with van der Waals surface area (Å²) in [4.78, 5) is 27.4. The third-order valence-corrected chi connectivity index (χ3v) is 8.41. The highest BCUT2D eigenvalue weighted by Crippen LogP contribution is 2.62. The maximum atomic E-state index is 13.0. The molecule has 1 saturated heterocycles. The zero-order valence-electron chi connectivity index (χ0n) is 18.1. The predicted octanol–water partition coefficient (Wildman–Crippen LogP) is 4.30. The molecule has 1 aliphatic heterocycles. The minimum absolute atomic E-state index is 0.0164. The lowest BCUT2D eigenvalue weighted by molar-refractivity contribution is -0.132. The van der Waals surface area contributed by atoms with Crippen LogP contribution >= 0.6 is 0 Å². The van der Waals surface area contributed by atoms with Crippen LogP contribution in [0.5, 0.6) is 0 Å². The SMILES string of the molecule is C/C(=C/C(=O)N1CCC(C(=O)NCc2ccco2)CC1)C12CC3CC(CC(C3)C1)C2. The van der Waals surface area contributed by atoms with Gasteiger partial charge in [0.05, 0.1) is 12.8 Å². The average molecular weight is 411 g/mol. The van der Waals surface area contributed by atoms with Crippen LogP contribution in [0.2, 0.25) is 0 Å². The van der Waals surface area contributed by atoms with Gasteiger partial charge in [0, 0.05) is 25.1 Å². The Morgan fingerprint density at radius 1 is 1.13 bits per heavy atom. The molecule has 0 spiro atoms. The summed E-state index contributed by atoms with van der Waals surface area (Å²) in [5, 5.41) is 2.96. The Bertz CT molecular complexity index is 782. The first-order valence-corrected chi connectivity index (χ1v) is 11.8. The number of rotatable bonds is 5. The number of allylic oxidation sites excluding steroid dienone is 1. The van der Waals surface area contributed by atoms with Crippen LogP contribution in [0.4, 0.5) is 0 Å². The summed E-state index contributed by atoms with van der Waals surface area (Å²) in [6.45, 7) is 3.97. The number of likely N-dealkylation sites (tertiary alicyclic amines) is 1.